The minimum atomic E-state index is -1.28. The molecule has 1 aromatic carbocycles. The quantitative estimate of drug-likeness (QED) is 0.514. The number of nitrogens with zero attached hydrogens (tertiary/aromatic N) is 1. The van der Waals surface area contributed by atoms with Crippen molar-refractivity contribution in [1.82, 2.24) is 4.90 Å². The molecule has 0 aromatic heterocycles. The molecule has 0 saturated heterocycles. The maximum absolute atomic E-state index is 3.45. The Balaban J connectivity index is 0.00000200. The Kier molecular flexibility index (Phi) is 6.06. The van der Waals surface area contributed by atoms with E-state index in [1.807, 2.05) is 0 Å². The van der Waals surface area contributed by atoms with Crippen molar-refractivity contribution in [1.29, 1.82) is 0 Å². The van der Waals surface area contributed by atoms with Crippen LogP contribution in [0.3, 0.4) is 0 Å². The van der Waals surface area contributed by atoms with Crippen molar-refractivity contribution >= 4 is 8.07 Å². The predicted molar refractivity (Wildman–Crippen MR) is 82.9 cm³/mol. The minimum absolute atomic E-state index is 0. The molecule has 4 heteroatoms. The molecule has 0 aliphatic carbocycles. The van der Waals surface area contributed by atoms with Crippen LogP contribution in [-0.2, 0) is 6.54 Å². The second kappa shape index (κ2) is 7.12. The van der Waals surface area contributed by atoms with Gasteiger partial charge in [0.1, 0.15) is 8.07 Å². The average molecular weight is 351 g/mol. The van der Waals surface area contributed by atoms with Gasteiger partial charge in [0.2, 0.25) is 0 Å². The Morgan fingerprint density at radius 2 is 1.85 bits per heavy atom. The van der Waals surface area contributed by atoms with E-state index in [9.17, 15) is 0 Å². The summed E-state index contributed by atoms with van der Waals surface area (Å²) in [6.07, 6.45) is 2.22. The Morgan fingerprint density at radius 1 is 1.20 bits per heavy atom. The second-order valence-corrected chi connectivity index (χ2v) is 11.0. The summed E-state index contributed by atoms with van der Waals surface area (Å²) in [5.41, 5.74) is 6.03. The van der Waals surface area contributed by atoms with Crippen molar-refractivity contribution in [2.75, 3.05) is 13.7 Å². The van der Waals surface area contributed by atoms with E-state index in [1.165, 1.54) is 16.2 Å². The molecule has 2 rings (SSSR count). The third-order valence-electron chi connectivity index (χ3n) is 3.01. The van der Waals surface area contributed by atoms with Crippen LogP contribution in [-0.4, -0.2) is 26.7 Å². The van der Waals surface area contributed by atoms with Gasteiger partial charge in [0.05, 0.1) is 13.2 Å². The molecule has 0 spiro atoms. The number of quaternary nitrogens is 1. The summed E-state index contributed by atoms with van der Waals surface area (Å²) < 4.78 is 0. The third kappa shape index (κ3) is 5.16. The number of hydrogen-bond acceptors (Lipinski definition) is 1. The Hall–Kier alpha value is -1.02. The van der Waals surface area contributed by atoms with Crippen molar-refractivity contribution in [2.45, 2.75) is 26.2 Å². The van der Waals surface area contributed by atoms with Crippen molar-refractivity contribution in [3.05, 3.63) is 47.8 Å². The van der Waals surface area contributed by atoms with Crippen LogP contribution in [0.1, 0.15) is 5.56 Å². The number of halogens is 1. The van der Waals surface area contributed by atoms with Crippen LogP contribution in [0.2, 0.25) is 19.6 Å². The number of benzene rings is 1. The molecule has 20 heavy (non-hydrogen) atoms. The van der Waals surface area contributed by atoms with Gasteiger partial charge >= 0.3 is 0 Å². The standard InChI is InChI=1S/C16H22N2Si.BrH/c1-17-14-18(12-15-8-6-5-7-9-15)13-16(17)10-11-19(2,3)4;/h5-9,13H,12,14H2,1-4H3;1H. The van der Waals surface area contributed by atoms with Crippen LogP contribution in [0.5, 0.6) is 0 Å². The van der Waals surface area contributed by atoms with E-state index < -0.39 is 8.07 Å². The molecular formula is C16H23BrN2Si. The first-order chi connectivity index (χ1) is 8.94. The lowest BCUT2D eigenvalue weighted by atomic mass is 10.2. The molecule has 0 amide bonds. The third-order valence-corrected chi connectivity index (χ3v) is 3.89. The van der Waals surface area contributed by atoms with E-state index in [0.29, 0.717) is 0 Å². The van der Waals surface area contributed by atoms with Crippen LogP contribution in [0.25, 0.3) is 0 Å². The molecule has 1 atom stereocenters. The van der Waals surface area contributed by atoms with E-state index >= 15 is 0 Å². The summed E-state index contributed by atoms with van der Waals surface area (Å²) >= 11 is 0. The molecule has 2 nitrogen and oxygen atoms in total. The smallest absolute Gasteiger partial charge is 0.199 e. The van der Waals surface area contributed by atoms with E-state index in [-0.39, 0.29) is 17.0 Å². The summed E-state index contributed by atoms with van der Waals surface area (Å²) in [6.45, 7) is 8.83. The molecule has 0 fully saturated rings. The summed E-state index contributed by atoms with van der Waals surface area (Å²) in [4.78, 5) is 3.74. The van der Waals surface area contributed by atoms with Crippen LogP contribution in [0.4, 0.5) is 0 Å². The molecule has 1 aromatic rings. The van der Waals surface area contributed by atoms with Gasteiger partial charge in [0, 0.05) is 6.54 Å². The van der Waals surface area contributed by atoms with Gasteiger partial charge in [-0.15, -0.1) is 5.54 Å². The zero-order valence-corrected chi connectivity index (χ0v) is 15.3. The van der Waals surface area contributed by atoms with Gasteiger partial charge in [-0.1, -0.05) is 50.0 Å². The normalized spacial score (nSPS) is 17.9. The largest absolute Gasteiger partial charge is 1.00 e. The first-order valence-corrected chi connectivity index (χ1v) is 10.3. The van der Waals surface area contributed by atoms with Gasteiger partial charge in [0.25, 0.3) is 0 Å². The lowest BCUT2D eigenvalue weighted by molar-refractivity contribution is -0.836. The summed E-state index contributed by atoms with van der Waals surface area (Å²) in [5, 5.41) is 0. The number of hydrogen-bond donors (Lipinski definition) is 1. The first kappa shape index (κ1) is 17.0. The fourth-order valence-corrected chi connectivity index (χ4v) is 2.55. The predicted octanol–water partition coefficient (Wildman–Crippen LogP) is -1.30. The highest BCUT2D eigenvalue weighted by Gasteiger charge is 2.21. The molecule has 1 heterocycles. The Bertz CT molecular complexity index is 523. The van der Waals surface area contributed by atoms with E-state index in [4.69, 9.17) is 0 Å². The van der Waals surface area contributed by atoms with E-state index in [2.05, 4.69) is 79.6 Å². The van der Waals surface area contributed by atoms with Gasteiger partial charge in [-0.2, -0.15) is 0 Å². The SMILES string of the molecule is C[NH+]1CN(Cc2ccccc2)C=C1C#C[Si](C)(C)C.[Br-]. The molecule has 1 aliphatic heterocycles. The molecule has 0 radical (unpaired) electrons. The number of allylic oxidation sites excluding steroid dienone is 1. The molecular weight excluding hydrogens is 328 g/mol. The maximum Gasteiger partial charge on any atom is 0.199 e. The van der Waals surface area contributed by atoms with Crippen LogP contribution < -0.4 is 21.9 Å². The van der Waals surface area contributed by atoms with Crippen molar-refractivity contribution in [3.63, 3.8) is 0 Å². The van der Waals surface area contributed by atoms with Gasteiger partial charge in [-0.05, 0) is 11.5 Å². The molecule has 1 N–H and O–H groups in total. The molecule has 0 saturated carbocycles. The van der Waals surface area contributed by atoms with Gasteiger partial charge in [-0.3, -0.25) is 4.90 Å². The highest BCUT2D eigenvalue weighted by molar-refractivity contribution is 6.83. The highest BCUT2D eigenvalue weighted by atomic mass is 79.9. The molecule has 0 bridgehead atoms. The van der Waals surface area contributed by atoms with E-state index in [1.54, 1.807) is 0 Å². The van der Waals surface area contributed by atoms with Crippen molar-refractivity contribution < 1.29 is 21.9 Å². The minimum Gasteiger partial charge on any atom is -1.00 e. The Labute approximate surface area is 134 Å². The second-order valence-electron chi connectivity index (χ2n) is 6.21. The average Bonchev–Trinajstić information content (AvgIpc) is 2.67. The molecule has 108 valence electrons. The fourth-order valence-electron chi connectivity index (χ4n) is 2.04. The van der Waals surface area contributed by atoms with Gasteiger partial charge < -0.3 is 21.9 Å². The van der Waals surface area contributed by atoms with Crippen molar-refractivity contribution in [3.8, 4) is 11.5 Å². The summed E-state index contributed by atoms with van der Waals surface area (Å²) in [6, 6.07) is 10.6. The maximum atomic E-state index is 3.45. The summed E-state index contributed by atoms with van der Waals surface area (Å²) in [7, 11) is 0.906. The van der Waals surface area contributed by atoms with Gasteiger partial charge in [0.15, 0.2) is 12.4 Å². The topological polar surface area (TPSA) is 7.68 Å². The van der Waals surface area contributed by atoms with Crippen molar-refractivity contribution in [2.24, 2.45) is 0 Å². The number of rotatable bonds is 2. The Morgan fingerprint density at radius 3 is 2.45 bits per heavy atom. The first-order valence-electron chi connectivity index (χ1n) is 6.80. The fraction of sp³-hybridized carbons (Fsp3) is 0.375. The van der Waals surface area contributed by atoms with Crippen LogP contribution in [0.15, 0.2) is 42.2 Å². The highest BCUT2D eigenvalue weighted by Crippen LogP contribution is 2.07. The zero-order valence-electron chi connectivity index (χ0n) is 12.7. The van der Waals surface area contributed by atoms with Crippen LogP contribution in [0, 0.1) is 11.5 Å². The monoisotopic (exact) mass is 350 g/mol. The zero-order chi connectivity index (χ0) is 13.9. The summed E-state index contributed by atoms with van der Waals surface area (Å²) in [5.74, 6) is 3.38. The van der Waals surface area contributed by atoms with Crippen LogP contribution >= 0.6 is 0 Å². The van der Waals surface area contributed by atoms with E-state index in [0.717, 1.165) is 13.2 Å². The lowest BCUT2D eigenvalue weighted by Gasteiger charge is -2.14. The van der Waals surface area contributed by atoms with Gasteiger partial charge in [-0.25, -0.2) is 0 Å². The molecule has 1 unspecified atom stereocenters. The lowest BCUT2D eigenvalue weighted by Crippen LogP contribution is -3.06. The molecule has 1 aliphatic rings. The number of nitrogens with one attached hydrogen (secondary N) is 1.